The van der Waals surface area contributed by atoms with E-state index >= 15 is 0 Å². The normalized spacial score (nSPS) is 10.5. The van der Waals surface area contributed by atoms with Crippen molar-refractivity contribution in [3.05, 3.63) is 60.5 Å². The minimum atomic E-state index is 0.646. The van der Waals surface area contributed by atoms with Crippen LogP contribution in [0.5, 0.6) is 5.75 Å². The van der Waals surface area contributed by atoms with Gasteiger partial charge in [0, 0.05) is 5.56 Å². The van der Waals surface area contributed by atoms with Crippen molar-refractivity contribution in [2.75, 3.05) is 7.11 Å². The van der Waals surface area contributed by atoms with Gasteiger partial charge in [0.15, 0.2) is 0 Å². The molecule has 0 bridgehead atoms. The molecule has 3 aromatic rings. The average molecular weight is 265 g/mol. The molecule has 0 aliphatic rings. The molecule has 0 radical (unpaired) electrons. The van der Waals surface area contributed by atoms with Crippen LogP contribution in [0.4, 0.5) is 0 Å². The van der Waals surface area contributed by atoms with Crippen molar-refractivity contribution in [2.45, 2.75) is 6.92 Å². The van der Waals surface area contributed by atoms with Gasteiger partial charge in [0.25, 0.3) is 0 Å². The minimum absolute atomic E-state index is 0.646. The summed E-state index contributed by atoms with van der Waals surface area (Å²) in [5.41, 5.74) is 3.19. The first kappa shape index (κ1) is 12.5. The molecule has 0 saturated heterocycles. The third-order valence-corrected chi connectivity index (χ3v) is 3.13. The Kier molecular flexibility index (Phi) is 3.25. The smallest absolute Gasteiger partial charge is 0.226 e. The molecule has 2 aromatic carbocycles. The van der Waals surface area contributed by atoms with E-state index in [-0.39, 0.29) is 0 Å². The van der Waals surface area contributed by atoms with E-state index in [1.54, 1.807) is 13.3 Å². The number of nitrogens with zero attached hydrogens (tertiary/aromatic N) is 1. The van der Waals surface area contributed by atoms with E-state index in [0.717, 1.165) is 28.2 Å². The van der Waals surface area contributed by atoms with Gasteiger partial charge >= 0.3 is 0 Å². The number of rotatable bonds is 3. The predicted molar refractivity (Wildman–Crippen MR) is 78.7 cm³/mol. The highest BCUT2D eigenvalue weighted by Crippen LogP contribution is 2.28. The van der Waals surface area contributed by atoms with Crippen molar-refractivity contribution in [3.8, 4) is 28.3 Å². The molecule has 1 aromatic heterocycles. The molecule has 0 fully saturated rings. The van der Waals surface area contributed by atoms with Crippen LogP contribution in [0.25, 0.3) is 22.6 Å². The third-order valence-electron chi connectivity index (χ3n) is 3.13. The van der Waals surface area contributed by atoms with Crippen LogP contribution in [0, 0.1) is 6.92 Å². The Morgan fingerprint density at radius 3 is 2.35 bits per heavy atom. The van der Waals surface area contributed by atoms with E-state index in [1.807, 2.05) is 37.3 Å². The molecule has 3 heteroatoms. The van der Waals surface area contributed by atoms with E-state index in [2.05, 4.69) is 23.2 Å². The first-order chi connectivity index (χ1) is 9.76. The first-order valence-electron chi connectivity index (χ1n) is 6.43. The summed E-state index contributed by atoms with van der Waals surface area (Å²) in [6, 6.07) is 16.1. The summed E-state index contributed by atoms with van der Waals surface area (Å²) in [7, 11) is 1.67. The van der Waals surface area contributed by atoms with Gasteiger partial charge in [0.1, 0.15) is 11.5 Å². The van der Waals surface area contributed by atoms with Crippen LogP contribution in [0.15, 0.2) is 59.1 Å². The van der Waals surface area contributed by atoms with Crippen LogP contribution in [-0.4, -0.2) is 12.1 Å². The fourth-order valence-electron chi connectivity index (χ4n) is 2.12. The van der Waals surface area contributed by atoms with E-state index in [9.17, 15) is 0 Å². The van der Waals surface area contributed by atoms with Crippen LogP contribution in [0.2, 0.25) is 0 Å². The number of ether oxygens (including phenoxy) is 1. The zero-order valence-corrected chi connectivity index (χ0v) is 11.5. The number of oxazole rings is 1. The summed E-state index contributed by atoms with van der Waals surface area (Å²) in [5.74, 6) is 2.30. The molecule has 0 aliphatic carbocycles. The number of hydrogen-bond acceptors (Lipinski definition) is 3. The van der Waals surface area contributed by atoms with Gasteiger partial charge in [-0.3, -0.25) is 0 Å². The summed E-state index contributed by atoms with van der Waals surface area (Å²) in [6.45, 7) is 1.89. The predicted octanol–water partition coefficient (Wildman–Crippen LogP) is 4.33. The van der Waals surface area contributed by atoms with Crippen LogP contribution in [0.3, 0.4) is 0 Å². The Bertz CT molecular complexity index is 731. The Labute approximate surface area is 117 Å². The summed E-state index contributed by atoms with van der Waals surface area (Å²) in [5, 5.41) is 0. The zero-order valence-electron chi connectivity index (χ0n) is 11.5. The van der Waals surface area contributed by atoms with Gasteiger partial charge < -0.3 is 9.15 Å². The van der Waals surface area contributed by atoms with E-state index in [0.29, 0.717) is 5.89 Å². The second-order valence-electron chi connectivity index (χ2n) is 4.59. The van der Waals surface area contributed by atoms with Crippen LogP contribution in [-0.2, 0) is 0 Å². The molecule has 0 saturated carbocycles. The van der Waals surface area contributed by atoms with Gasteiger partial charge in [-0.15, -0.1) is 0 Å². The average Bonchev–Trinajstić information content (AvgIpc) is 2.94. The Morgan fingerprint density at radius 1 is 0.950 bits per heavy atom. The Morgan fingerprint density at radius 2 is 1.65 bits per heavy atom. The maximum atomic E-state index is 5.57. The number of hydrogen-bond donors (Lipinski definition) is 0. The molecule has 0 N–H and O–H groups in total. The number of aryl methyl sites for hydroxylation is 1. The van der Waals surface area contributed by atoms with Crippen LogP contribution >= 0.6 is 0 Å². The zero-order chi connectivity index (χ0) is 13.9. The SMILES string of the molecule is COc1cccc(-c2cccc(-c3ncc(C)o3)c2)c1. The molecule has 1 heterocycles. The highest BCUT2D eigenvalue weighted by molar-refractivity contribution is 5.70. The fraction of sp³-hybridized carbons (Fsp3) is 0.118. The highest BCUT2D eigenvalue weighted by atomic mass is 16.5. The largest absolute Gasteiger partial charge is 0.497 e. The minimum Gasteiger partial charge on any atom is -0.497 e. The molecule has 0 amide bonds. The monoisotopic (exact) mass is 265 g/mol. The van der Waals surface area contributed by atoms with Gasteiger partial charge in [-0.05, 0) is 42.3 Å². The maximum absolute atomic E-state index is 5.57. The Balaban J connectivity index is 2.02. The van der Waals surface area contributed by atoms with E-state index in [4.69, 9.17) is 9.15 Å². The van der Waals surface area contributed by atoms with E-state index in [1.165, 1.54) is 0 Å². The van der Waals surface area contributed by atoms with Crippen molar-refractivity contribution < 1.29 is 9.15 Å². The standard InChI is InChI=1S/C17H15NO2/c1-12-11-18-17(20-12)15-7-3-5-13(9-15)14-6-4-8-16(10-14)19-2/h3-11H,1-2H3. The van der Waals surface area contributed by atoms with E-state index < -0.39 is 0 Å². The summed E-state index contributed by atoms with van der Waals surface area (Å²) in [4.78, 5) is 4.26. The van der Waals surface area contributed by atoms with Crippen molar-refractivity contribution in [1.82, 2.24) is 4.98 Å². The van der Waals surface area contributed by atoms with Crippen molar-refractivity contribution >= 4 is 0 Å². The van der Waals surface area contributed by atoms with Gasteiger partial charge in [0.2, 0.25) is 5.89 Å². The lowest BCUT2D eigenvalue weighted by atomic mass is 10.0. The summed E-state index contributed by atoms with van der Waals surface area (Å²) >= 11 is 0. The number of aromatic nitrogens is 1. The number of methoxy groups -OCH3 is 1. The molecular weight excluding hydrogens is 250 g/mol. The van der Waals surface area contributed by atoms with Crippen molar-refractivity contribution in [1.29, 1.82) is 0 Å². The molecule has 0 atom stereocenters. The second-order valence-corrected chi connectivity index (χ2v) is 4.59. The van der Waals surface area contributed by atoms with Gasteiger partial charge in [0.05, 0.1) is 13.3 Å². The molecule has 100 valence electrons. The molecule has 3 nitrogen and oxygen atoms in total. The fourth-order valence-corrected chi connectivity index (χ4v) is 2.12. The topological polar surface area (TPSA) is 35.3 Å². The lowest BCUT2D eigenvalue weighted by Gasteiger charge is -2.06. The first-order valence-corrected chi connectivity index (χ1v) is 6.43. The lowest BCUT2D eigenvalue weighted by Crippen LogP contribution is -1.84. The van der Waals surface area contributed by atoms with Gasteiger partial charge in [-0.2, -0.15) is 0 Å². The molecular formula is C17H15NO2. The van der Waals surface area contributed by atoms with Gasteiger partial charge in [-0.25, -0.2) is 4.98 Å². The van der Waals surface area contributed by atoms with Gasteiger partial charge in [-0.1, -0.05) is 24.3 Å². The van der Waals surface area contributed by atoms with Crippen LogP contribution in [0.1, 0.15) is 5.76 Å². The molecule has 0 aliphatic heterocycles. The quantitative estimate of drug-likeness (QED) is 0.707. The van der Waals surface area contributed by atoms with Crippen molar-refractivity contribution in [3.63, 3.8) is 0 Å². The second kappa shape index (κ2) is 5.21. The Hall–Kier alpha value is -2.55. The summed E-state index contributed by atoms with van der Waals surface area (Å²) in [6.07, 6.45) is 1.73. The summed E-state index contributed by atoms with van der Waals surface area (Å²) < 4.78 is 10.8. The van der Waals surface area contributed by atoms with Crippen molar-refractivity contribution in [2.24, 2.45) is 0 Å². The molecule has 3 rings (SSSR count). The molecule has 20 heavy (non-hydrogen) atoms. The molecule has 0 spiro atoms. The molecule has 0 unspecified atom stereocenters. The third kappa shape index (κ3) is 2.43. The number of benzene rings is 2. The maximum Gasteiger partial charge on any atom is 0.226 e. The highest BCUT2D eigenvalue weighted by Gasteiger charge is 2.06. The van der Waals surface area contributed by atoms with Crippen LogP contribution < -0.4 is 4.74 Å². The lowest BCUT2D eigenvalue weighted by molar-refractivity contribution is 0.415.